The maximum absolute atomic E-state index is 10.8. The van der Waals surface area contributed by atoms with Gasteiger partial charge in [0, 0.05) is 25.6 Å². The molecule has 3 aliphatic heterocycles. The van der Waals surface area contributed by atoms with Gasteiger partial charge in [-0.3, -0.25) is 9.69 Å². The molecule has 3 fully saturated rings. The fourth-order valence-corrected chi connectivity index (χ4v) is 5.25. The summed E-state index contributed by atoms with van der Waals surface area (Å²) in [6, 6.07) is 0.616. The highest BCUT2D eigenvalue weighted by molar-refractivity contribution is 7.99. The molecule has 0 amide bonds. The number of hydrogen-bond donors (Lipinski definition) is 1. The van der Waals surface area contributed by atoms with Crippen molar-refractivity contribution in [2.75, 3.05) is 31.2 Å². The molecule has 0 aromatic rings. The van der Waals surface area contributed by atoms with Crippen LogP contribution in [-0.4, -0.2) is 58.8 Å². The first-order chi connectivity index (χ1) is 9.67. The van der Waals surface area contributed by atoms with Gasteiger partial charge in [0.1, 0.15) is 0 Å². The van der Waals surface area contributed by atoms with Crippen LogP contribution in [0.5, 0.6) is 0 Å². The van der Waals surface area contributed by atoms with Crippen LogP contribution in [0.2, 0.25) is 0 Å². The fourth-order valence-electron chi connectivity index (χ4n) is 4.01. The molecule has 0 bridgehead atoms. The molecule has 3 aliphatic rings. The Bertz CT molecular complexity index is 352. The summed E-state index contributed by atoms with van der Waals surface area (Å²) >= 11 is 2.04. The lowest BCUT2D eigenvalue weighted by Gasteiger charge is -2.45. The van der Waals surface area contributed by atoms with Gasteiger partial charge < -0.3 is 9.84 Å². The fraction of sp³-hybridized carbons (Fsp3) is 0.933. The summed E-state index contributed by atoms with van der Waals surface area (Å²) in [6.07, 6.45) is 6.05. The third-order valence-electron chi connectivity index (χ3n) is 5.17. The van der Waals surface area contributed by atoms with Gasteiger partial charge in [0.15, 0.2) is 0 Å². The van der Waals surface area contributed by atoms with E-state index in [2.05, 4.69) is 4.90 Å². The molecule has 3 saturated heterocycles. The molecular weight excluding hydrogens is 274 g/mol. The van der Waals surface area contributed by atoms with Crippen molar-refractivity contribution in [1.82, 2.24) is 4.90 Å². The van der Waals surface area contributed by atoms with E-state index in [4.69, 9.17) is 9.84 Å². The molecule has 0 aliphatic carbocycles. The number of carbonyl (C=O) groups is 1. The molecule has 5 heteroatoms. The Labute approximate surface area is 125 Å². The lowest BCUT2D eigenvalue weighted by atomic mass is 9.85. The van der Waals surface area contributed by atoms with Crippen molar-refractivity contribution in [3.8, 4) is 0 Å². The van der Waals surface area contributed by atoms with Crippen LogP contribution in [0.4, 0.5) is 0 Å². The number of thioether (sulfide) groups is 1. The Morgan fingerprint density at radius 2 is 2.15 bits per heavy atom. The SMILES string of the molecule is O=C(O)CC1CCN(C2CCOC3(CCSCC3)C2)C1. The van der Waals surface area contributed by atoms with Crippen LogP contribution < -0.4 is 0 Å². The molecule has 1 spiro atoms. The van der Waals surface area contributed by atoms with E-state index in [1.165, 1.54) is 24.3 Å². The molecule has 114 valence electrons. The van der Waals surface area contributed by atoms with E-state index >= 15 is 0 Å². The van der Waals surface area contributed by atoms with Crippen molar-refractivity contribution in [1.29, 1.82) is 0 Å². The molecule has 4 nitrogen and oxygen atoms in total. The maximum atomic E-state index is 10.8. The molecule has 3 rings (SSSR count). The lowest BCUT2D eigenvalue weighted by Crippen LogP contribution is -2.49. The van der Waals surface area contributed by atoms with Gasteiger partial charge in [-0.05, 0) is 56.1 Å². The minimum atomic E-state index is -0.649. The second kappa shape index (κ2) is 6.24. The number of carboxylic acid groups (broad SMARTS) is 1. The Kier molecular flexibility index (Phi) is 4.58. The minimum absolute atomic E-state index is 0.138. The lowest BCUT2D eigenvalue weighted by molar-refractivity contribution is -0.138. The highest BCUT2D eigenvalue weighted by Gasteiger charge is 2.41. The van der Waals surface area contributed by atoms with Gasteiger partial charge in [-0.25, -0.2) is 0 Å². The van der Waals surface area contributed by atoms with Crippen LogP contribution in [0.15, 0.2) is 0 Å². The van der Waals surface area contributed by atoms with Crippen molar-refractivity contribution in [3.63, 3.8) is 0 Å². The van der Waals surface area contributed by atoms with Crippen molar-refractivity contribution in [2.45, 2.75) is 50.2 Å². The summed E-state index contributed by atoms with van der Waals surface area (Å²) < 4.78 is 6.15. The predicted molar refractivity (Wildman–Crippen MR) is 80.2 cm³/mol. The summed E-state index contributed by atoms with van der Waals surface area (Å²) in [5.41, 5.74) is 0.138. The topological polar surface area (TPSA) is 49.8 Å². The highest BCUT2D eigenvalue weighted by Crippen LogP contribution is 2.40. The molecule has 2 atom stereocenters. The summed E-state index contributed by atoms with van der Waals surface area (Å²) in [4.78, 5) is 13.4. The Morgan fingerprint density at radius 3 is 2.90 bits per heavy atom. The second-order valence-electron chi connectivity index (χ2n) is 6.54. The highest BCUT2D eigenvalue weighted by atomic mass is 32.2. The van der Waals surface area contributed by atoms with Gasteiger partial charge >= 0.3 is 5.97 Å². The number of rotatable bonds is 3. The molecule has 3 heterocycles. The number of ether oxygens (including phenoxy) is 1. The van der Waals surface area contributed by atoms with Crippen LogP contribution in [0.3, 0.4) is 0 Å². The van der Waals surface area contributed by atoms with E-state index < -0.39 is 5.97 Å². The van der Waals surface area contributed by atoms with E-state index in [9.17, 15) is 4.79 Å². The molecule has 20 heavy (non-hydrogen) atoms. The quantitative estimate of drug-likeness (QED) is 0.866. The van der Waals surface area contributed by atoms with Crippen molar-refractivity contribution in [3.05, 3.63) is 0 Å². The smallest absolute Gasteiger partial charge is 0.303 e. The van der Waals surface area contributed by atoms with Gasteiger partial charge in [-0.15, -0.1) is 0 Å². The summed E-state index contributed by atoms with van der Waals surface area (Å²) in [6.45, 7) is 2.94. The Balaban J connectivity index is 1.56. The molecular formula is C15H25NO3S. The van der Waals surface area contributed by atoms with Crippen molar-refractivity contribution < 1.29 is 14.6 Å². The van der Waals surface area contributed by atoms with E-state index in [0.29, 0.717) is 18.4 Å². The van der Waals surface area contributed by atoms with Gasteiger partial charge in [-0.2, -0.15) is 11.8 Å². The van der Waals surface area contributed by atoms with E-state index in [1.807, 2.05) is 11.8 Å². The van der Waals surface area contributed by atoms with Crippen LogP contribution in [0.1, 0.15) is 38.5 Å². The summed E-state index contributed by atoms with van der Waals surface area (Å²) in [5, 5.41) is 8.93. The summed E-state index contributed by atoms with van der Waals surface area (Å²) in [7, 11) is 0. The normalized spacial score (nSPS) is 34.4. The monoisotopic (exact) mass is 299 g/mol. The van der Waals surface area contributed by atoms with E-state index in [0.717, 1.165) is 39.0 Å². The zero-order valence-corrected chi connectivity index (χ0v) is 12.9. The van der Waals surface area contributed by atoms with Gasteiger partial charge in [0.05, 0.1) is 5.60 Å². The molecule has 1 N–H and O–H groups in total. The third kappa shape index (κ3) is 3.31. The first-order valence-electron chi connectivity index (χ1n) is 7.84. The van der Waals surface area contributed by atoms with Gasteiger partial charge in [-0.1, -0.05) is 0 Å². The molecule has 0 saturated carbocycles. The predicted octanol–water partition coefficient (Wildman–Crippen LogP) is 2.23. The summed E-state index contributed by atoms with van der Waals surface area (Å²) in [5.74, 6) is 2.17. The zero-order chi connectivity index (χ0) is 14.0. The maximum Gasteiger partial charge on any atom is 0.303 e. The first-order valence-corrected chi connectivity index (χ1v) is 9.00. The average Bonchev–Trinajstić information content (AvgIpc) is 2.87. The molecule has 2 unspecified atom stereocenters. The standard InChI is InChI=1S/C15H25NO3S/c17-14(18)9-12-1-5-16(11-12)13-2-6-19-15(10-13)3-7-20-8-4-15/h12-13H,1-11H2,(H,17,18). The van der Waals surface area contributed by atoms with E-state index in [1.54, 1.807) is 0 Å². The van der Waals surface area contributed by atoms with Gasteiger partial charge in [0.25, 0.3) is 0 Å². The Morgan fingerprint density at radius 1 is 1.35 bits per heavy atom. The number of aliphatic carboxylic acids is 1. The van der Waals surface area contributed by atoms with Crippen molar-refractivity contribution in [2.24, 2.45) is 5.92 Å². The first kappa shape index (κ1) is 14.7. The zero-order valence-electron chi connectivity index (χ0n) is 12.1. The molecule has 0 aromatic heterocycles. The number of hydrogen-bond acceptors (Lipinski definition) is 4. The van der Waals surface area contributed by atoms with E-state index in [-0.39, 0.29) is 5.60 Å². The van der Waals surface area contributed by atoms with Crippen LogP contribution in [0.25, 0.3) is 0 Å². The molecule has 0 radical (unpaired) electrons. The van der Waals surface area contributed by atoms with Gasteiger partial charge in [0.2, 0.25) is 0 Å². The van der Waals surface area contributed by atoms with Crippen LogP contribution in [-0.2, 0) is 9.53 Å². The number of likely N-dealkylation sites (tertiary alicyclic amines) is 1. The third-order valence-corrected chi connectivity index (χ3v) is 6.15. The Hall–Kier alpha value is -0.260. The number of nitrogens with zero attached hydrogens (tertiary/aromatic N) is 1. The average molecular weight is 299 g/mol. The van der Waals surface area contributed by atoms with Crippen LogP contribution >= 0.6 is 11.8 Å². The largest absolute Gasteiger partial charge is 0.481 e. The second-order valence-corrected chi connectivity index (χ2v) is 7.76. The molecule has 0 aromatic carbocycles. The van der Waals surface area contributed by atoms with Crippen LogP contribution in [0, 0.1) is 5.92 Å². The minimum Gasteiger partial charge on any atom is -0.481 e. The van der Waals surface area contributed by atoms with Crippen molar-refractivity contribution >= 4 is 17.7 Å². The number of carboxylic acids is 1.